The van der Waals surface area contributed by atoms with E-state index in [-0.39, 0.29) is 5.56 Å². The summed E-state index contributed by atoms with van der Waals surface area (Å²) in [5, 5.41) is 9.66. The van der Waals surface area contributed by atoms with Gasteiger partial charge in [-0.05, 0) is 31.2 Å². The summed E-state index contributed by atoms with van der Waals surface area (Å²) in [5.41, 5.74) is 2.38. The summed E-state index contributed by atoms with van der Waals surface area (Å²) in [6.45, 7) is 1.75. The quantitative estimate of drug-likeness (QED) is 0.779. The molecule has 0 aliphatic heterocycles. The fourth-order valence-corrected chi connectivity index (χ4v) is 2.35. The van der Waals surface area contributed by atoms with E-state index in [0.717, 1.165) is 23.9 Å². The number of amides is 1. The number of carbonyl (C=O) groups is 1. The highest BCUT2D eigenvalue weighted by Crippen LogP contribution is 2.28. The molecular formula is C16H14F2N4O. The lowest BCUT2D eigenvalue weighted by Crippen LogP contribution is -2.13. The van der Waals surface area contributed by atoms with Crippen molar-refractivity contribution in [3.8, 4) is 11.4 Å². The molecule has 3 aromatic rings. The molecule has 118 valence electrons. The van der Waals surface area contributed by atoms with E-state index in [2.05, 4.69) is 15.5 Å². The van der Waals surface area contributed by atoms with Gasteiger partial charge in [0, 0.05) is 24.9 Å². The SMILES string of the molecule is Cc1[nH]nc(-c2cccn2C)c1NC(=O)c1cc(F)cc(F)c1. The number of anilines is 1. The fraction of sp³-hybridized carbons (Fsp3) is 0.125. The van der Waals surface area contributed by atoms with Crippen LogP contribution in [0, 0.1) is 18.6 Å². The lowest BCUT2D eigenvalue weighted by Gasteiger charge is -2.08. The van der Waals surface area contributed by atoms with Gasteiger partial charge in [-0.2, -0.15) is 5.10 Å². The average Bonchev–Trinajstić information content (AvgIpc) is 3.05. The van der Waals surface area contributed by atoms with E-state index in [4.69, 9.17) is 0 Å². The lowest BCUT2D eigenvalue weighted by atomic mass is 10.1. The van der Waals surface area contributed by atoms with Gasteiger partial charge in [0.1, 0.15) is 17.3 Å². The van der Waals surface area contributed by atoms with Crippen LogP contribution in [0.4, 0.5) is 14.5 Å². The standard InChI is InChI=1S/C16H14F2N4O/c1-9-14(15(21-20-9)13-4-3-5-22(13)2)19-16(23)10-6-11(17)8-12(18)7-10/h3-8H,1-2H3,(H,19,23)(H,20,21). The molecule has 0 aliphatic carbocycles. The van der Waals surface area contributed by atoms with Crippen LogP contribution in [-0.2, 0) is 7.05 Å². The van der Waals surface area contributed by atoms with Gasteiger partial charge >= 0.3 is 0 Å². The van der Waals surface area contributed by atoms with E-state index in [1.54, 1.807) is 6.92 Å². The lowest BCUT2D eigenvalue weighted by molar-refractivity contribution is 0.102. The Labute approximate surface area is 130 Å². The van der Waals surface area contributed by atoms with Crippen molar-refractivity contribution in [3.63, 3.8) is 0 Å². The van der Waals surface area contributed by atoms with E-state index < -0.39 is 17.5 Å². The van der Waals surface area contributed by atoms with Crippen LogP contribution >= 0.6 is 0 Å². The van der Waals surface area contributed by atoms with E-state index >= 15 is 0 Å². The molecule has 5 nitrogen and oxygen atoms in total. The highest BCUT2D eigenvalue weighted by Gasteiger charge is 2.18. The number of rotatable bonds is 3. The molecule has 0 unspecified atom stereocenters. The van der Waals surface area contributed by atoms with Crippen LogP contribution in [-0.4, -0.2) is 20.7 Å². The number of hydrogen-bond donors (Lipinski definition) is 2. The van der Waals surface area contributed by atoms with Crippen LogP contribution in [0.5, 0.6) is 0 Å². The van der Waals surface area contributed by atoms with Crippen molar-refractivity contribution in [1.82, 2.24) is 14.8 Å². The molecule has 0 bridgehead atoms. The minimum Gasteiger partial charge on any atom is -0.349 e. The number of H-pyrrole nitrogens is 1. The summed E-state index contributed by atoms with van der Waals surface area (Å²) in [6, 6.07) is 6.39. The molecule has 0 spiro atoms. The summed E-state index contributed by atoms with van der Waals surface area (Å²) in [5.74, 6) is -2.22. The van der Waals surface area contributed by atoms with Crippen molar-refractivity contribution in [2.24, 2.45) is 7.05 Å². The highest BCUT2D eigenvalue weighted by molar-refractivity contribution is 6.06. The zero-order valence-corrected chi connectivity index (χ0v) is 12.5. The molecule has 0 saturated heterocycles. The minimum atomic E-state index is -0.804. The van der Waals surface area contributed by atoms with Gasteiger partial charge in [-0.1, -0.05) is 0 Å². The minimum absolute atomic E-state index is 0.0964. The number of halogens is 2. The maximum atomic E-state index is 13.3. The molecule has 2 aromatic heterocycles. The number of benzene rings is 1. The summed E-state index contributed by atoms with van der Waals surface area (Å²) >= 11 is 0. The number of aromatic nitrogens is 3. The Bertz CT molecular complexity index is 862. The summed E-state index contributed by atoms with van der Waals surface area (Å²) in [7, 11) is 1.85. The second-order valence-corrected chi connectivity index (χ2v) is 5.19. The fourth-order valence-electron chi connectivity index (χ4n) is 2.35. The Morgan fingerprint density at radius 2 is 1.96 bits per heavy atom. The highest BCUT2D eigenvalue weighted by atomic mass is 19.1. The number of aromatic amines is 1. The van der Waals surface area contributed by atoms with Crippen molar-refractivity contribution in [3.05, 3.63) is 59.4 Å². The van der Waals surface area contributed by atoms with Gasteiger partial charge in [-0.15, -0.1) is 0 Å². The van der Waals surface area contributed by atoms with Crippen molar-refractivity contribution in [2.75, 3.05) is 5.32 Å². The van der Waals surface area contributed by atoms with Crippen LogP contribution in [0.25, 0.3) is 11.4 Å². The smallest absolute Gasteiger partial charge is 0.255 e. The predicted octanol–water partition coefficient (Wildman–Crippen LogP) is 3.25. The molecule has 2 heterocycles. The normalized spacial score (nSPS) is 10.8. The number of nitrogens with zero attached hydrogens (tertiary/aromatic N) is 2. The summed E-state index contributed by atoms with van der Waals surface area (Å²) in [4.78, 5) is 12.3. The first-order chi connectivity index (χ1) is 11.0. The molecule has 0 aliphatic rings. The number of hydrogen-bond acceptors (Lipinski definition) is 2. The Kier molecular flexibility index (Phi) is 3.69. The summed E-state index contributed by atoms with van der Waals surface area (Å²) < 4.78 is 28.4. The second-order valence-electron chi connectivity index (χ2n) is 5.19. The molecule has 1 amide bonds. The van der Waals surface area contributed by atoms with E-state index in [1.165, 1.54) is 0 Å². The molecule has 0 fully saturated rings. The van der Waals surface area contributed by atoms with Crippen LogP contribution in [0.3, 0.4) is 0 Å². The first kappa shape index (κ1) is 15.0. The van der Waals surface area contributed by atoms with Gasteiger partial charge in [-0.3, -0.25) is 9.89 Å². The monoisotopic (exact) mass is 316 g/mol. The number of nitrogens with one attached hydrogen (secondary N) is 2. The zero-order chi connectivity index (χ0) is 16.6. The second kappa shape index (κ2) is 5.68. The van der Waals surface area contributed by atoms with Crippen molar-refractivity contribution >= 4 is 11.6 Å². The zero-order valence-electron chi connectivity index (χ0n) is 12.5. The van der Waals surface area contributed by atoms with E-state index in [1.807, 2.05) is 29.9 Å². The molecule has 3 rings (SSSR count). The van der Waals surface area contributed by atoms with Crippen LogP contribution in [0.15, 0.2) is 36.5 Å². The van der Waals surface area contributed by atoms with Crippen LogP contribution in [0.1, 0.15) is 16.1 Å². The Balaban J connectivity index is 1.96. The molecular weight excluding hydrogens is 302 g/mol. The van der Waals surface area contributed by atoms with E-state index in [9.17, 15) is 13.6 Å². The maximum Gasteiger partial charge on any atom is 0.255 e. The summed E-state index contributed by atoms with van der Waals surface area (Å²) in [6.07, 6.45) is 1.85. The molecule has 2 N–H and O–H groups in total. The van der Waals surface area contributed by atoms with Gasteiger partial charge in [0.15, 0.2) is 0 Å². The average molecular weight is 316 g/mol. The first-order valence-corrected chi connectivity index (χ1v) is 6.90. The van der Waals surface area contributed by atoms with E-state index in [0.29, 0.717) is 17.1 Å². The number of carbonyl (C=O) groups excluding carboxylic acids is 1. The molecule has 23 heavy (non-hydrogen) atoms. The first-order valence-electron chi connectivity index (χ1n) is 6.90. The molecule has 0 saturated carbocycles. The van der Waals surface area contributed by atoms with Crippen molar-refractivity contribution < 1.29 is 13.6 Å². The number of aryl methyl sites for hydroxylation is 2. The third-order valence-corrected chi connectivity index (χ3v) is 3.50. The van der Waals surface area contributed by atoms with Gasteiger partial charge in [0.2, 0.25) is 0 Å². The van der Waals surface area contributed by atoms with Crippen molar-refractivity contribution in [1.29, 1.82) is 0 Å². The van der Waals surface area contributed by atoms with Crippen LogP contribution < -0.4 is 5.32 Å². The van der Waals surface area contributed by atoms with Gasteiger partial charge in [0.05, 0.1) is 17.1 Å². The topological polar surface area (TPSA) is 62.7 Å². The maximum absolute atomic E-state index is 13.3. The molecule has 0 atom stereocenters. The molecule has 7 heteroatoms. The van der Waals surface area contributed by atoms with Crippen LogP contribution in [0.2, 0.25) is 0 Å². The Morgan fingerprint density at radius 1 is 1.26 bits per heavy atom. The third kappa shape index (κ3) is 2.85. The largest absolute Gasteiger partial charge is 0.349 e. The van der Waals surface area contributed by atoms with Gasteiger partial charge < -0.3 is 9.88 Å². The third-order valence-electron chi connectivity index (χ3n) is 3.50. The van der Waals surface area contributed by atoms with Gasteiger partial charge in [-0.25, -0.2) is 8.78 Å². The van der Waals surface area contributed by atoms with Gasteiger partial charge in [0.25, 0.3) is 5.91 Å². The predicted molar refractivity (Wildman–Crippen MR) is 82.0 cm³/mol. The van der Waals surface area contributed by atoms with Crippen molar-refractivity contribution in [2.45, 2.75) is 6.92 Å². The Hall–Kier alpha value is -2.96. The molecule has 1 aromatic carbocycles. The molecule has 0 radical (unpaired) electrons. The Morgan fingerprint density at radius 3 is 2.57 bits per heavy atom.